The second-order valence-electron chi connectivity index (χ2n) is 6.66. The molecule has 3 rings (SSSR count). The zero-order valence-electron chi connectivity index (χ0n) is 14.8. The summed E-state index contributed by atoms with van der Waals surface area (Å²) in [7, 11) is 0. The van der Waals surface area contributed by atoms with E-state index in [-0.39, 0.29) is 17.7 Å². The molecule has 0 saturated carbocycles. The predicted octanol–water partition coefficient (Wildman–Crippen LogP) is 4.41. The second-order valence-corrected chi connectivity index (χ2v) is 6.66. The van der Waals surface area contributed by atoms with Gasteiger partial charge in [0.25, 0.3) is 0 Å². The molecule has 1 atom stereocenters. The molecule has 4 N–H and O–H groups in total. The molecule has 0 aliphatic carbocycles. The number of nitrogens with one attached hydrogen (secondary N) is 2. The van der Waals surface area contributed by atoms with E-state index < -0.39 is 0 Å². The van der Waals surface area contributed by atoms with Crippen LogP contribution >= 0.6 is 0 Å². The zero-order valence-corrected chi connectivity index (χ0v) is 14.8. The smallest absolute Gasteiger partial charge is 0.148 e. The van der Waals surface area contributed by atoms with Crippen LogP contribution in [0.3, 0.4) is 0 Å². The van der Waals surface area contributed by atoms with Gasteiger partial charge >= 0.3 is 0 Å². The van der Waals surface area contributed by atoms with Crippen LogP contribution < -0.4 is 11.1 Å². The van der Waals surface area contributed by atoms with E-state index in [0.717, 1.165) is 10.9 Å². The van der Waals surface area contributed by atoms with Gasteiger partial charge in [-0.1, -0.05) is 32.1 Å². The quantitative estimate of drug-likeness (QED) is 0.613. The average Bonchev–Trinajstić information content (AvgIpc) is 3.00. The van der Waals surface area contributed by atoms with Crippen molar-refractivity contribution in [1.82, 2.24) is 10.2 Å². The summed E-state index contributed by atoms with van der Waals surface area (Å²) in [5.41, 5.74) is 8.56. The molecular weight excluding hydrogens is 334 g/mol. The van der Waals surface area contributed by atoms with Gasteiger partial charge in [-0.3, -0.25) is 5.10 Å². The third-order valence-electron chi connectivity index (χ3n) is 4.37. The van der Waals surface area contributed by atoms with Crippen molar-refractivity contribution in [2.24, 2.45) is 11.7 Å². The Bertz CT molecular complexity index is 913. The second kappa shape index (κ2) is 7.66. The number of fused-ring (bicyclic) bond motifs is 1. The fourth-order valence-electron chi connectivity index (χ4n) is 2.53. The first-order chi connectivity index (χ1) is 12.4. The summed E-state index contributed by atoms with van der Waals surface area (Å²) >= 11 is 0. The van der Waals surface area contributed by atoms with Crippen LogP contribution in [0.1, 0.15) is 25.1 Å². The van der Waals surface area contributed by atoms with Crippen molar-refractivity contribution < 1.29 is 8.78 Å². The number of halogens is 2. The van der Waals surface area contributed by atoms with Gasteiger partial charge in [0.15, 0.2) is 0 Å². The van der Waals surface area contributed by atoms with Crippen molar-refractivity contribution in [2.75, 3.05) is 11.9 Å². The average molecular weight is 356 g/mol. The Balaban J connectivity index is 1.85. The molecule has 0 radical (unpaired) electrons. The Morgan fingerprint density at radius 3 is 2.58 bits per heavy atom. The van der Waals surface area contributed by atoms with Crippen LogP contribution in [-0.2, 0) is 0 Å². The molecule has 6 heteroatoms. The van der Waals surface area contributed by atoms with Gasteiger partial charge in [0.2, 0.25) is 0 Å². The highest BCUT2D eigenvalue weighted by Gasteiger charge is 2.12. The molecule has 0 aliphatic rings. The number of anilines is 1. The van der Waals surface area contributed by atoms with Gasteiger partial charge < -0.3 is 11.1 Å². The van der Waals surface area contributed by atoms with Gasteiger partial charge in [-0.25, -0.2) is 8.78 Å². The number of hydrogen-bond acceptors (Lipinski definition) is 3. The molecule has 0 aliphatic heterocycles. The standard InChI is InChI=1S/C20H22F2N4/c1-12(2)17(23)11-24-20-9-15-18(25-26-19(15)10-16(20)22)8-5-13-3-6-14(21)7-4-13/h3-10,12,17,24H,11,23H2,1-2H3,(H,25,26). The number of nitrogens with two attached hydrogens (primary N) is 1. The number of aromatic amines is 1. The summed E-state index contributed by atoms with van der Waals surface area (Å²) in [6, 6.07) is 9.25. The molecule has 1 aromatic heterocycles. The first kappa shape index (κ1) is 18.1. The van der Waals surface area contributed by atoms with Crippen molar-refractivity contribution in [2.45, 2.75) is 19.9 Å². The minimum atomic E-state index is -0.355. The summed E-state index contributed by atoms with van der Waals surface area (Å²) in [6.07, 6.45) is 3.65. The Hall–Kier alpha value is -2.73. The maximum absolute atomic E-state index is 14.3. The number of benzene rings is 2. The van der Waals surface area contributed by atoms with Crippen LogP contribution in [0.5, 0.6) is 0 Å². The third kappa shape index (κ3) is 4.08. The molecule has 0 fully saturated rings. The maximum Gasteiger partial charge on any atom is 0.148 e. The van der Waals surface area contributed by atoms with E-state index >= 15 is 0 Å². The molecule has 26 heavy (non-hydrogen) atoms. The van der Waals surface area contributed by atoms with Gasteiger partial charge in [-0.2, -0.15) is 5.10 Å². The molecule has 0 bridgehead atoms. The van der Waals surface area contributed by atoms with E-state index in [1.54, 1.807) is 18.2 Å². The fourth-order valence-corrected chi connectivity index (χ4v) is 2.53. The van der Waals surface area contributed by atoms with E-state index in [9.17, 15) is 8.78 Å². The lowest BCUT2D eigenvalue weighted by atomic mass is 10.1. The summed E-state index contributed by atoms with van der Waals surface area (Å²) < 4.78 is 27.2. The van der Waals surface area contributed by atoms with Crippen LogP contribution in [0.2, 0.25) is 0 Å². The molecule has 1 unspecified atom stereocenters. The lowest BCUT2D eigenvalue weighted by molar-refractivity contribution is 0.510. The molecule has 2 aromatic carbocycles. The topological polar surface area (TPSA) is 66.7 Å². The highest BCUT2D eigenvalue weighted by Crippen LogP contribution is 2.25. The normalized spacial score (nSPS) is 13.0. The Labute approximate surface area is 151 Å². The molecular formula is C20H22F2N4. The molecule has 4 nitrogen and oxygen atoms in total. The highest BCUT2D eigenvalue weighted by molar-refractivity contribution is 5.91. The minimum Gasteiger partial charge on any atom is -0.381 e. The minimum absolute atomic E-state index is 0.0627. The fraction of sp³-hybridized carbons (Fsp3) is 0.250. The van der Waals surface area contributed by atoms with Gasteiger partial charge in [0, 0.05) is 24.0 Å². The molecule has 136 valence electrons. The number of rotatable bonds is 6. The number of H-pyrrole nitrogens is 1. The van der Waals surface area contributed by atoms with Gasteiger partial charge in [0.1, 0.15) is 11.6 Å². The van der Waals surface area contributed by atoms with E-state index in [4.69, 9.17) is 5.73 Å². The maximum atomic E-state index is 14.3. The van der Waals surface area contributed by atoms with Crippen molar-refractivity contribution in [3.05, 3.63) is 59.3 Å². The van der Waals surface area contributed by atoms with Crippen LogP contribution in [0.15, 0.2) is 36.4 Å². The molecule has 0 amide bonds. The Morgan fingerprint density at radius 2 is 1.88 bits per heavy atom. The highest BCUT2D eigenvalue weighted by atomic mass is 19.1. The number of hydrogen-bond donors (Lipinski definition) is 3. The number of nitrogens with zero attached hydrogens (tertiary/aromatic N) is 1. The summed E-state index contributed by atoms with van der Waals surface area (Å²) in [6.45, 7) is 4.54. The van der Waals surface area contributed by atoms with Crippen LogP contribution in [0, 0.1) is 17.6 Å². The predicted molar refractivity (Wildman–Crippen MR) is 103 cm³/mol. The summed E-state index contributed by atoms with van der Waals surface area (Å²) in [5.74, 6) is -0.332. The van der Waals surface area contributed by atoms with Crippen molar-refractivity contribution >= 4 is 28.7 Å². The number of aromatic nitrogens is 2. The molecule has 0 spiro atoms. The monoisotopic (exact) mass is 356 g/mol. The van der Waals surface area contributed by atoms with Crippen molar-refractivity contribution in [3.63, 3.8) is 0 Å². The first-order valence-electron chi connectivity index (χ1n) is 8.55. The first-order valence-corrected chi connectivity index (χ1v) is 8.55. The van der Waals surface area contributed by atoms with E-state index in [2.05, 4.69) is 15.5 Å². The molecule has 0 saturated heterocycles. The van der Waals surface area contributed by atoms with Crippen LogP contribution in [0.4, 0.5) is 14.5 Å². The van der Waals surface area contributed by atoms with Crippen molar-refractivity contribution in [3.8, 4) is 0 Å². The third-order valence-corrected chi connectivity index (χ3v) is 4.37. The van der Waals surface area contributed by atoms with E-state index in [0.29, 0.717) is 29.4 Å². The Morgan fingerprint density at radius 1 is 1.15 bits per heavy atom. The van der Waals surface area contributed by atoms with Crippen LogP contribution in [0.25, 0.3) is 23.1 Å². The lowest BCUT2D eigenvalue weighted by Gasteiger charge is -2.17. The van der Waals surface area contributed by atoms with Crippen molar-refractivity contribution in [1.29, 1.82) is 0 Å². The van der Waals surface area contributed by atoms with Gasteiger partial charge in [0.05, 0.1) is 16.9 Å². The lowest BCUT2D eigenvalue weighted by Crippen LogP contribution is -2.34. The van der Waals surface area contributed by atoms with E-state index in [1.807, 2.05) is 26.0 Å². The SMILES string of the molecule is CC(C)C(N)CNc1cc2c(C=Cc3ccc(F)cc3)n[nH]c2cc1F. The van der Waals surface area contributed by atoms with Gasteiger partial charge in [-0.05, 0) is 35.8 Å². The summed E-state index contributed by atoms with van der Waals surface area (Å²) in [4.78, 5) is 0. The van der Waals surface area contributed by atoms with Crippen LogP contribution in [-0.4, -0.2) is 22.8 Å². The zero-order chi connectivity index (χ0) is 18.7. The Kier molecular flexibility index (Phi) is 5.32. The van der Waals surface area contributed by atoms with Gasteiger partial charge in [-0.15, -0.1) is 0 Å². The summed E-state index contributed by atoms with van der Waals surface area (Å²) in [5, 5.41) is 10.9. The molecule has 3 aromatic rings. The van der Waals surface area contributed by atoms with E-state index in [1.165, 1.54) is 18.2 Å². The largest absolute Gasteiger partial charge is 0.381 e. The molecule has 1 heterocycles.